The molecule has 2 rings (SSSR count). The van der Waals surface area contributed by atoms with E-state index in [0.29, 0.717) is 0 Å². The Hall–Kier alpha value is -1.00. The first kappa shape index (κ1) is 10.5. The molecule has 1 heterocycles. The molecule has 80 valence electrons. The second-order valence-corrected chi connectivity index (χ2v) is 4.48. The first-order chi connectivity index (χ1) is 7.13. The largest absolute Gasteiger partial charge is 0.330 e. The number of benzene rings is 1. The fourth-order valence-electron chi connectivity index (χ4n) is 1.47. The molecule has 2 N–H and O–H groups in total. The Bertz CT molecular complexity index is 431. The van der Waals surface area contributed by atoms with E-state index in [-0.39, 0.29) is 17.8 Å². The van der Waals surface area contributed by atoms with Crippen molar-refractivity contribution in [3.8, 4) is 0 Å². The van der Waals surface area contributed by atoms with Gasteiger partial charge in [0.1, 0.15) is 0 Å². The maximum atomic E-state index is 13.5. The van der Waals surface area contributed by atoms with Crippen molar-refractivity contribution < 1.29 is 8.78 Å². The maximum Gasteiger partial charge on any atom is 0.283 e. The lowest BCUT2D eigenvalue weighted by Gasteiger charge is -2.12. The monoisotopic (exact) mass is 227 g/mol. The number of thiophene rings is 1. The van der Waals surface area contributed by atoms with Crippen molar-refractivity contribution in [2.24, 2.45) is 5.73 Å². The van der Waals surface area contributed by atoms with Crippen LogP contribution >= 0.6 is 11.3 Å². The molecule has 0 aliphatic heterocycles. The van der Waals surface area contributed by atoms with Gasteiger partial charge in [0, 0.05) is 11.1 Å². The number of rotatable bonds is 3. The zero-order valence-electron chi connectivity index (χ0n) is 8.04. The highest BCUT2D eigenvalue weighted by molar-refractivity contribution is 7.19. The van der Waals surface area contributed by atoms with Gasteiger partial charge in [0.15, 0.2) is 0 Å². The van der Waals surface area contributed by atoms with E-state index < -0.39 is 5.92 Å². The second-order valence-electron chi connectivity index (χ2n) is 3.39. The lowest BCUT2D eigenvalue weighted by Crippen LogP contribution is -2.17. The van der Waals surface area contributed by atoms with Crippen LogP contribution in [-0.2, 0) is 5.92 Å². The quantitative estimate of drug-likeness (QED) is 0.855. The molecule has 0 atom stereocenters. The summed E-state index contributed by atoms with van der Waals surface area (Å²) in [4.78, 5) is 0.106. The Labute approximate surface area is 90.5 Å². The molecule has 0 aliphatic rings. The Morgan fingerprint density at radius 2 is 2.00 bits per heavy atom. The Morgan fingerprint density at radius 1 is 1.27 bits per heavy atom. The van der Waals surface area contributed by atoms with Crippen molar-refractivity contribution in [1.82, 2.24) is 0 Å². The number of hydrogen-bond acceptors (Lipinski definition) is 2. The van der Waals surface area contributed by atoms with Gasteiger partial charge in [-0.1, -0.05) is 18.2 Å². The lowest BCUT2D eigenvalue weighted by molar-refractivity contribution is -0.00674. The van der Waals surface area contributed by atoms with Crippen molar-refractivity contribution >= 4 is 21.4 Å². The van der Waals surface area contributed by atoms with Gasteiger partial charge in [0.2, 0.25) is 0 Å². The molecule has 0 spiro atoms. The minimum atomic E-state index is -2.79. The van der Waals surface area contributed by atoms with Gasteiger partial charge in [-0.2, -0.15) is 0 Å². The minimum Gasteiger partial charge on any atom is -0.330 e. The van der Waals surface area contributed by atoms with Crippen LogP contribution in [0.15, 0.2) is 30.3 Å². The van der Waals surface area contributed by atoms with Crippen LogP contribution in [0.3, 0.4) is 0 Å². The zero-order valence-corrected chi connectivity index (χ0v) is 8.86. The molecule has 0 bridgehead atoms. The number of nitrogens with two attached hydrogens (primary N) is 1. The van der Waals surface area contributed by atoms with Crippen LogP contribution in [0.4, 0.5) is 8.78 Å². The van der Waals surface area contributed by atoms with Crippen LogP contribution in [0, 0.1) is 0 Å². The summed E-state index contributed by atoms with van der Waals surface area (Å²) in [5.74, 6) is -2.79. The standard InChI is InChI=1S/C11H11F2NS/c12-11(13,5-6-14)10-7-8-3-1-2-4-9(8)15-10/h1-4,7H,5-6,14H2. The number of fused-ring (bicyclic) bond motifs is 1. The number of hydrogen-bond donors (Lipinski definition) is 1. The van der Waals surface area contributed by atoms with Crippen LogP contribution in [-0.4, -0.2) is 6.54 Å². The third-order valence-corrected chi connectivity index (χ3v) is 3.47. The van der Waals surface area contributed by atoms with Gasteiger partial charge in [-0.3, -0.25) is 0 Å². The molecule has 1 nitrogen and oxygen atoms in total. The molecule has 2 aromatic rings. The summed E-state index contributed by atoms with van der Waals surface area (Å²) in [6.45, 7) is 0.00124. The summed E-state index contributed by atoms with van der Waals surface area (Å²) in [6.07, 6.45) is -0.292. The summed E-state index contributed by atoms with van der Waals surface area (Å²) in [5, 5.41) is 0.870. The third-order valence-electron chi connectivity index (χ3n) is 2.24. The van der Waals surface area contributed by atoms with Gasteiger partial charge in [0.25, 0.3) is 5.92 Å². The highest BCUT2D eigenvalue weighted by atomic mass is 32.1. The normalized spacial score (nSPS) is 12.2. The van der Waals surface area contributed by atoms with Crippen LogP contribution in [0.1, 0.15) is 11.3 Å². The SMILES string of the molecule is NCCC(F)(F)c1cc2ccccc2s1. The van der Waals surface area contributed by atoms with Gasteiger partial charge in [0.05, 0.1) is 4.88 Å². The predicted molar refractivity (Wildman–Crippen MR) is 59.4 cm³/mol. The summed E-state index contributed by atoms with van der Waals surface area (Å²) in [7, 11) is 0. The van der Waals surface area contributed by atoms with Crippen molar-refractivity contribution in [3.63, 3.8) is 0 Å². The van der Waals surface area contributed by atoms with Crippen LogP contribution in [0.25, 0.3) is 10.1 Å². The average Bonchev–Trinajstić information content (AvgIpc) is 2.61. The molecule has 4 heteroatoms. The fourth-order valence-corrected chi connectivity index (χ4v) is 2.53. The smallest absolute Gasteiger partial charge is 0.283 e. The van der Waals surface area contributed by atoms with E-state index >= 15 is 0 Å². The Morgan fingerprint density at radius 3 is 2.67 bits per heavy atom. The molecule has 1 aromatic heterocycles. The maximum absolute atomic E-state index is 13.5. The molecule has 0 aliphatic carbocycles. The molecule has 1 aromatic carbocycles. The molecular weight excluding hydrogens is 216 g/mol. The van der Waals surface area contributed by atoms with Crippen molar-refractivity contribution in [2.75, 3.05) is 6.54 Å². The highest BCUT2D eigenvalue weighted by Crippen LogP contribution is 2.38. The first-order valence-corrected chi connectivity index (χ1v) is 5.52. The molecule has 0 saturated carbocycles. The van der Waals surface area contributed by atoms with E-state index in [4.69, 9.17) is 5.73 Å². The van der Waals surface area contributed by atoms with E-state index in [1.807, 2.05) is 24.3 Å². The van der Waals surface area contributed by atoms with Crippen LogP contribution in [0.2, 0.25) is 0 Å². The molecule has 0 unspecified atom stereocenters. The summed E-state index contributed by atoms with van der Waals surface area (Å²) in [5.41, 5.74) is 5.17. The third kappa shape index (κ3) is 2.01. The summed E-state index contributed by atoms with van der Waals surface area (Å²) in [6, 6.07) is 8.94. The van der Waals surface area contributed by atoms with E-state index in [1.165, 1.54) is 0 Å². The van der Waals surface area contributed by atoms with E-state index in [9.17, 15) is 8.78 Å². The lowest BCUT2D eigenvalue weighted by atomic mass is 10.2. The number of alkyl halides is 2. The first-order valence-electron chi connectivity index (χ1n) is 4.70. The van der Waals surface area contributed by atoms with Crippen LogP contribution in [0.5, 0.6) is 0 Å². The summed E-state index contributed by atoms with van der Waals surface area (Å²) >= 11 is 1.14. The molecular formula is C11H11F2NS. The average molecular weight is 227 g/mol. The van der Waals surface area contributed by atoms with Gasteiger partial charge < -0.3 is 5.73 Å². The fraction of sp³-hybridized carbons (Fsp3) is 0.273. The zero-order chi connectivity index (χ0) is 10.9. The van der Waals surface area contributed by atoms with Gasteiger partial charge in [-0.15, -0.1) is 11.3 Å². The second kappa shape index (κ2) is 3.87. The molecule has 0 amide bonds. The topological polar surface area (TPSA) is 26.0 Å². The molecule has 0 radical (unpaired) electrons. The van der Waals surface area contributed by atoms with Crippen LogP contribution < -0.4 is 5.73 Å². The molecule has 15 heavy (non-hydrogen) atoms. The Kier molecular flexibility index (Phi) is 2.71. The van der Waals surface area contributed by atoms with E-state index in [0.717, 1.165) is 21.4 Å². The number of halogens is 2. The van der Waals surface area contributed by atoms with Gasteiger partial charge >= 0.3 is 0 Å². The van der Waals surface area contributed by atoms with Crippen molar-refractivity contribution in [3.05, 3.63) is 35.2 Å². The van der Waals surface area contributed by atoms with Gasteiger partial charge in [-0.05, 0) is 24.1 Å². The summed E-state index contributed by atoms with van der Waals surface area (Å²) < 4.78 is 27.9. The predicted octanol–water partition coefficient (Wildman–Crippen LogP) is 3.34. The molecule has 0 fully saturated rings. The highest BCUT2D eigenvalue weighted by Gasteiger charge is 2.32. The minimum absolute atomic E-state index is 0.00124. The van der Waals surface area contributed by atoms with E-state index in [1.54, 1.807) is 6.07 Å². The van der Waals surface area contributed by atoms with Crippen molar-refractivity contribution in [2.45, 2.75) is 12.3 Å². The van der Waals surface area contributed by atoms with E-state index in [2.05, 4.69) is 0 Å². The Balaban J connectivity index is 2.44. The molecule has 0 saturated heterocycles. The van der Waals surface area contributed by atoms with Gasteiger partial charge in [-0.25, -0.2) is 8.78 Å². The van der Waals surface area contributed by atoms with Crippen molar-refractivity contribution in [1.29, 1.82) is 0 Å².